The quantitative estimate of drug-likeness (QED) is 0.913. The monoisotopic (exact) mass is 311 g/mol. The summed E-state index contributed by atoms with van der Waals surface area (Å²) < 4.78 is 27.6. The third kappa shape index (κ3) is 3.33. The Kier molecular flexibility index (Phi) is 4.46. The number of hydrogen-bond donors (Lipinski definition) is 1. The van der Waals surface area contributed by atoms with Gasteiger partial charge in [-0.25, -0.2) is 18.9 Å². The van der Waals surface area contributed by atoms with Crippen molar-refractivity contribution >= 4 is 16.8 Å². The van der Waals surface area contributed by atoms with E-state index >= 15 is 0 Å². The van der Waals surface area contributed by atoms with E-state index in [1.54, 1.807) is 4.68 Å². The number of benzene rings is 1. The van der Waals surface area contributed by atoms with Gasteiger partial charge >= 0.3 is 5.97 Å². The average Bonchev–Trinajstić information content (AvgIpc) is 2.87. The molecule has 0 amide bonds. The zero-order chi connectivity index (χ0) is 15.6. The molecule has 0 aliphatic rings. The van der Waals surface area contributed by atoms with Crippen molar-refractivity contribution in [3.05, 3.63) is 41.7 Å². The first-order chi connectivity index (χ1) is 9.90. The van der Waals surface area contributed by atoms with Crippen molar-refractivity contribution in [1.82, 2.24) is 14.8 Å². The molecule has 2 aromatic rings. The summed E-state index contributed by atoms with van der Waals surface area (Å²) in [4.78, 5) is 14.8. The molecule has 0 aliphatic heterocycles. The lowest BCUT2D eigenvalue weighted by Crippen LogP contribution is -2.11. The maximum atomic E-state index is 13.7. The second-order valence-corrected chi connectivity index (χ2v) is 6.07. The van der Waals surface area contributed by atoms with Crippen LogP contribution in [-0.2, 0) is 16.6 Å². The second kappa shape index (κ2) is 6.13. The number of carboxylic acid groups (broad SMARTS) is 1. The van der Waals surface area contributed by atoms with Gasteiger partial charge in [0.25, 0.3) is 0 Å². The van der Waals surface area contributed by atoms with Crippen LogP contribution in [-0.4, -0.2) is 30.0 Å². The molecular weight excluding hydrogens is 297 g/mol. The largest absolute Gasteiger partial charge is 0.478 e. The minimum absolute atomic E-state index is 0.0296. The van der Waals surface area contributed by atoms with E-state index < -0.39 is 22.6 Å². The van der Waals surface area contributed by atoms with Crippen LogP contribution in [0, 0.1) is 5.82 Å². The van der Waals surface area contributed by atoms with E-state index in [-0.39, 0.29) is 22.3 Å². The van der Waals surface area contributed by atoms with Gasteiger partial charge in [-0.2, -0.15) is 5.10 Å². The van der Waals surface area contributed by atoms with Crippen LogP contribution in [0.25, 0.3) is 0 Å². The molecule has 0 saturated heterocycles. The highest BCUT2D eigenvalue weighted by Gasteiger charge is 2.17. The van der Waals surface area contributed by atoms with Crippen molar-refractivity contribution in [1.29, 1.82) is 0 Å². The molecule has 0 aliphatic carbocycles. The summed E-state index contributed by atoms with van der Waals surface area (Å²) >= 11 is 0. The summed E-state index contributed by atoms with van der Waals surface area (Å²) in [5.41, 5.74) is -0.106. The lowest BCUT2D eigenvalue weighted by atomic mass is 10.2. The molecule has 2 rings (SSSR count). The zero-order valence-corrected chi connectivity index (χ0v) is 12.3. The number of hydrogen-bond acceptors (Lipinski definition) is 4. The number of nitrogens with zero attached hydrogens (tertiary/aromatic N) is 3. The Morgan fingerprint density at radius 1 is 1.48 bits per heavy atom. The summed E-state index contributed by atoms with van der Waals surface area (Å²) in [6.45, 7) is 3.79. The smallest absolute Gasteiger partial charge is 0.335 e. The van der Waals surface area contributed by atoms with Crippen LogP contribution >= 0.6 is 0 Å². The SMILES string of the molecule is CC(C)n1ncnc1CS(=O)c1cc(C(=O)O)ccc1F. The van der Waals surface area contributed by atoms with Gasteiger partial charge in [0, 0.05) is 6.04 Å². The van der Waals surface area contributed by atoms with Crippen LogP contribution in [0.1, 0.15) is 36.1 Å². The van der Waals surface area contributed by atoms with E-state index in [0.29, 0.717) is 5.82 Å². The van der Waals surface area contributed by atoms with Gasteiger partial charge in [0.2, 0.25) is 0 Å². The van der Waals surface area contributed by atoms with Gasteiger partial charge in [0.15, 0.2) is 0 Å². The number of aromatic nitrogens is 3. The molecule has 0 fully saturated rings. The molecule has 0 spiro atoms. The van der Waals surface area contributed by atoms with Crippen LogP contribution in [0.2, 0.25) is 0 Å². The molecule has 0 radical (unpaired) electrons. The van der Waals surface area contributed by atoms with Crippen molar-refractivity contribution in [3.8, 4) is 0 Å². The molecular formula is C13H14FN3O3S. The predicted octanol–water partition coefficient (Wildman–Crippen LogP) is 2.00. The highest BCUT2D eigenvalue weighted by Crippen LogP contribution is 2.18. The summed E-state index contributed by atoms with van der Waals surface area (Å²) in [7, 11) is -1.74. The normalized spacial score (nSPS) is 12.6. The van der Waals surface area contributed by atoms with E-state index in [4.69, 9.17) is 5.11 Å². The van der Waals surface area contributed by atoms with Crippen molar-refractivity contribution in [3.63, 3.8) is 0 Å². The van der Waals surface area contributed by atoms with Crippen LogP contribution in [0.5, 0.6) is 0 Å². The first-order valence-corrected chi connectivity index (χ1v) is 7.51. The number of halogens is 1. The lowest BCUT2D eigenvalue weighted by Gasteiger charge is -2.09. The van der Waals surface area contributed by atoms with Gasteiger partial charge in [0.05, 0.1) is 27.0 Å². The Morgan fingerprint density at radius 3 is 2.81 bits per heavy atom. The molecule has 1 unspecified atom stereocenters. The fourth-order valence-corrected chi connectivity index (χ4v) is 2.96. The fourth-order valence-electron chi connectivity index (χ4n) is 1.81. The van der Waals surface area contributed by atoms with Gasteiger partial charge in [-0.05, 0) is 32.0 Å². The van der Waals surface area contributed by atoms with E-state index in [0.717, 1.165) is 18.2 Å². The van der Waals surface area contributed by atoms with Crippen molar-refractivity contribution in [2.24, 2.45) is 0 Å². The van der Waals surface area contributed by atoms with E-state index in [2.05, 4.69) is 10.1 Å². The van der Waals surface area contributed by atoms with Gasteiger partial charge in [-0.1, -0.05) is 0 Å². The minimum Gasteiger partial charge on any atom is -0.478 e. The lowest BCUT2D eigenvalue weighted by molar-refractivity contribution is 0.0696. The van der Waals surface area contributed by atoms with Crippen LogP contribution in [0.3, 0.4) is 0 Å². The molecule has 112 valence electrons. The summed E-state index contributed by atoms with van der Waals surface area (Å²) in [5, 5.41) is 12.9. The third-order valence-corrected chi connectivity index (χ3v) is 4.14. The molecule has 1 aromatic carbocycles. The highest BCUT2D eigenvalue weighted by atomic mass is 32.2. The topological polar surface area (TPSA) is 85.1 Å². The summed E-state index contributed by atoms with van der Waals surface area (Å²) in [6.07, 6.45) is 1.34. The van der Waals surface area contributed by atoms with Crippen LogP contribution in [0.15, 0.2) is 29.4 Å². The number of aromatic carboxylic acids is 1. The van der Waals surface area contributed by atoms with E-state index in [1.807, 2.05) is 13.8 Å². The molecule has 1 N–H and O–H groups in total. The summed E-state index contributed by atoms with van der Waals surface area (Å²) in [5.74, 6) is -1.46. The molecule has 1 aromatic heterocycles. The first-order valence-electron chi connectivity index (χ1n) is 6.19. The van der Waals surface area contributed by atoms with Gasteiger partial charge in [-0.15, -0.1) is 0 Å². The molecule has 0 bridgehead atoms. The van der Waals surface area contributed by atoms with Crippen molar-refractivity contribution in [2.75, 3.05) is 0 Å². The molecule has 21 heavy (non-hydrogen) atoms. The minimum atomic E-state index is -1.74. The predicted molar refractivity (Wildman–Crippen MR) is 73.9 cm³/mol. The second-order valence-electron chi connectivity index (χ2n) is 4.65. The Balaban J connectivity index is 2.30. The number of carboxylic acids is 1. The molecule has 1 heterocycles. The molecule has 0 saturated carbocycles. The zero-order valence-electron chi connectivity index (χ0n) is 11.5. The number of rotatable bonds is 5. The van der Waals surface area contributed by atoms with Crippen LogP contribution in [0.4, 0.5) is 4.39 Å². The Labute approximate surface area is 123 Å². The first kappa shape index (κ1) is 15.3. The fraction of sp³-hybridized carbons (Fsp3) is 0.308. The Morgan fingerprint density at radius 2 is 2.19 bits per heavy atom. The standard InChI is InChI=1S/C13H14FN3O3S/c1-8(2)17-12(15-7-16-17)6-21(20)11-5-9(13(18)19)3-4-10(11)14/h3-5,7-8H,6H2,1-2H3,(H,18,19). The van der Waals surface area contributed by atoms with Gasteiger partial charge in [-0.3, -0.25) is 4.21 Å². The Bertz CT molecular complexity index is 700. The van der Waals surface area contributed by atoms with Crippen molar-refractivity contribution < 1.29 is 18.5 Å². The Hall–Kier alpha value is -2.09. The van der Waals surface area contributed by atoms with Gasteiger partial charge in [0.1, 0.15) is 18.0 Å². The average molecular weight is 311 g/mol. The van der Waals surface area contributed by atoms with Crippen molar-refractivity contribution in [2.45, 2.75) is 30.5 Å². The van der Waals surface area contributed by atoms with Gasteiger partial charge < -0.3 is 5.11 Å². The third-order valence-electron chi connectivity index (χ3n) is 2.82. The molecule has 8 heteroatoms. The highest BCUT2D eigenvalue weighted by molar-refractivity contribution is 7.84. The maximum Gasteiger partial charge on any atom is 0.335 e. The number of carbonyl (C=O) groups is 1. The van der Waals surface area contributed by atoms with E-state index in [9.17, 15) is 13.4 Å². The molecule has 1 atom stereocenters. The maximum absolute atomic E-state index is 13.7. The van der Waals surface area contributed by atoms with E-state index in [1.165, 1.54) is 6.33 Å². The molecule has 6 nitrogen and oxygen atoms in total. The van der Waals surface area contributed by atoms with Crippen LogP contribution < -0.4 is 0 Å². The summed E-state index contributed by atoms with van der Waals surface area (Å²) in [6, 6.07) is 3.26.